The maximum atomic E-state index is 9.15. The molecule has 1 unspecified atom stereocenters. The Kier molecular flexibility index (Phi) is 4.64. The Hall–Kier alpha value is -1.29. The smallest absolute Gasteiger partial charge is 0.134 e. The van der Waals surface area contributed by atoms with Crippen molar-refractivity contribution in [2.45, 2.75) is 19.6 Å². The number of nitrogens with zero attached hydrogens (tertiary/aromatic N) is 1. The minimum Gasteiger partial charge on any atom is -0.392 e. The summed E-state index contributed by atoms with van der Waals surface area (Å²) in [5, 5.41) is 13.5. The van der Waals surface area contributed by atoms with Crippen LogP contribution in [0.3, 0.4) is 0 Å². The van der Waals surface area contributed by atoms with E-state index >= 15 is 0 Å². The largest absolute Gasteiger partial charge is 0.392 e. The van der Waals surface area contributed by atoms with Crippen molar-refractivity contribution < 1.29 is 5.11 Å². The fraction of sp³-hybridized carbons (Fsp3) is 0.214. The van der Waals surface area contributed by atoms with E-state index in [1.165, 1.54) is 0 Å². The number of nitrogens with one attached hydrogen (secondary N) is 1. The molecule has 0 aliphatic heterocycles. The standard InChI is InChI=1S/C14H14Cl2N2O/c1-9(11-3-2-6-17-14(11)16)18-13-7-10(8-19)4-5-12(13)15/h2-7,9,18-19H,8H2,1H3. The molecule has 2 N–H and O–H groups in total. The molecule has 5 heteroatoms. The maximum Gasteiger partial charge on any atom is 0.134 e. The summed E-state index contributed by atoms with van der Waals surface area (Å²) >= 11 is 12.2. The van der Waals surface area contributed by atoms with Crippen LogP contribution in [-0.2, 0) is 6.61 Å². The molecule has 0 aliphatic carbocycles. The molecule has 2 aromatic rings. The molecule has 3 nitrogen and oxygen atoms in total. The molecule has 0 fully saturated rings. The van der Waals surface area contributed by atoms with E-state index < -0.39 is 0 Å². The van der Waals surface area contributed by atoms with Crippen LogP contribution in [0.2, 0.25) is 10.2 Å². The van der Waals surface area contributed by atoms with E-state index in [-0.39, 0.29) is 12.6 Å². The molecule has 100 valence electrons. The number of aliphatic hydroxyl groups excluding tert-OH is 1. The van der Waals surface area contributed by atoms with Crippen LogP contribution in [0.5, 0.6) is 0 Å². The number of anilines is 1. The molecule has 0 saturated heterocycles. The lowest BCUT2D eigenvalue weighted by Gasteiger charge is -2.18. The van der Waals surface area contributed by atoms with E-state index in [4.69, 9.17) is 28.3 Å². The number of pyridine rings is 1. The minimum atomic E-state index is -0.0346. The Labute approximate surface area is 122 Å². The van der Waals surface area contributed by atoms with E-state index in [1.54, 1.807) is 18.3 Å². The van der Waals surface area contributed by atoms with Crippen molar-refractivity contribution >= 4 is 28.9 Å². The Balaban J connectivity index is 2.24. The first kappa shape index (κ1) is 14.1. The Morgan fingerprint density at radius 3 is 2.79 bits per heavy atom. The van der Waals surface area contributed by atoms with Crippen LogP contribution in [0.4, 0.5) is 5.69 Å². The number of aliphatic hydroxyl groups is 1. The molecule has 0 saturated carbocycles. The van der Waals surface area contributed by atoms with Crippen molar-refractivity contribution in [1.82, 2.24) is 4.98 Å². The predicted molar refractivity (Wildman–Crippen MR) is 78.7 cm³/mol. The molecule has 1 atom stereocenters. The van der Waals surface area contributed by atoms with E-state index in [9.17, 15) is 0 Å². The van der Waals surface area contributed by atoms with Gasteiger partial charge in [0.2, 0.25) is 0 Å². The van der Waals surface area contributed by atoms with Gasteiger partial charge in [0.1, 0.15) is 5.15 Å². The lowest BCUT2D eigenvalue weighted by atomic mass is 10.1. The van der Waals surface area contributed by atoms with Crippen LogP contribution in [0.1, 0.15) is 24.1 Å². The summed E-state index contributed by atoms with van der Waals surface area (Å²) in [5.41, 5.74) is 2.46. The third kappa shape index (κ3) is 3.38. The van der Waals surface area contributed by atoms with E-state index in [2.05, 4.69) is 10.3 Å². The lowest BCUT2D eigenvalue weighted by Crippen LogP contribution is -2.08. The molecule has 1 aromatic carbocycles. The summed E-state index contributed by atoms with van der Waals surface area (Å²) in [6.45, 7) is 1.96. The Morgan fingerprint density at radius 2 is 2.11 bits per heavy atom. The first-order chi connectivity index (χ1) is 9.11. The molecule has 0 radical (unpaired) electrons. The summed E-state index contributed by atoms with van der Waals surface area (Å²) in [7, 11) is 0. The lowest BCUT2D eigenvalue weighted by molar-refractivity contribution is 0.282. The van der Waals surface area contributed by atoms with E-state index in [1.807, 2.05) is 25.1 Å². The van der Waals surface area contributed by atoms with Crippen molar-refractivity contribution in [3.05, 3.63) is 57.8 Å². The second-order valence-electron chi connectivity index (χ2n) is 4.22. The molecule has 0 aliphatic rings. The molecule has 19 heavy (non-hydrogen) atoms. The van der Waals surface area contributed by atoms with Crippen molar-refractivity contribution in [3.8, 4) is 0 Å². The van der Waals surface area contributed by atoms with Gasteiger partial charge in [0, 0.05) is 11.8 Å². The number of halogens is 2. The van der Waals surface area contributed by atoms with Gasteiger partial charge in [-0.1, -0.05) is 35.3 Å². The van der Waals surface area contributed by atoms with Gasteiger partial charge in [0.05, 0.1) is 23.4 Å². The highest BCUT2D eigenvalue weighted by atomic mass is 35.5. The number of rotatable bonds is 4. The quantitative estimate of drug-likeness (QED) is 0.837. The predicted octanol–water partition coefficient (Wildman–Crippen LogP) is 4.05. The zero-order chi connectivity index (χ0) is 13.8. The van der Waals surface area contributed by atoms with Gasteiger partial charge in [-0.05, 0) is 30.7 Å². The number of hydrogen-bond acceptors (Lipinski definition) is 3. The van der Waals surface area contributed by atoms with Crippen molar-refractivity contribution in [2.75, 3.05) is 5.32 Å². The van der Waals surface area contributed by atoms with Crippen LogP contribution in [0.25, 0.3) is 0 Å². The summed E-state index contributed by atoms with van der Waals surface area (Å²) in [6.07, 6.45) is 1.65. The minimum absolute atomic E-state index is 0.0200. The summed E-state index contributed by atoms with van der Waals surface area (Å²) < 4.78 is 0. The summed E-state index contributed by atoms with van der Waals surface area (Å²) in [4.78, 5) is 4.05. The molecule has 0 spiro atoms. The highest BCUT2D eigenvalue weighted by Gasteiger charge is 2.11. The summed E-state index contributed by atoms with van der Waals surface area (Å²) in [6, 6.07) is 9.08. The first-order valence-electron chi connectivity index (χ1n) is 5.88. The average molecular weight is 297 g/mol. The molecule has 1 heterocycles. The van der Waals surface area contributed by atoms with Crippen molar-refractivity contribution in [2.24, 2.45) is 0 Å². The van der Waals surface area contributed by atoms with Crippen LogP contribution >= 0.6 is 23.2 Å². The van der Waals surface area contributed by atoms with Gasteiger partial charge in [-0.25, -0.2) is 4.98 Å². The monoisotopic (exact) mass is 296 g/mol. The molecular formula is C14H14Cl2N2O. The Bertz CT molecular complexity index is 575. The third-order valence-electron chi connectivity index (χ3n) is 2.84. The van der Waals surface area contributed by atoms with E-state index in [0.29, 0.717) is 10.2 Å². The number of benzene rings is 1. The van der Waals surface area contributed by atoms with Gasteiger partial charge >= 0.3 is 0 Å². The second-order valence-corrected chi connectivity index (χ2v) is 4.99. The average Bonchev–Trinajstić information content (AvgIpc) is 2.41. The zero-order valence-corrected chi connectivity index (χ0v) is 11.9. The van der Waals surface area contributed by atoms with Crippen molar-refractivity contribution in [3.63, 3.8) is 0 Å². The first-order valence-corrected chi connectivity index (χ1v) is 6.63. The second kappa shape index (κ2) is 6.24. The maximum absolute atomic E-state index is 9.15. The molecular weight excluding hydrogens is 283 g/mol. The Morgan fingerprint density at radius 1 is 1.32 bits per heavy atom. The van der Waals surface area contributed by atoms with Gasteiger partial charge in [-0.2, -0.15) is 0 Å². The highest BCUT2D eigenvalue weighted by molar-refractivity contribution is 6.33. The number of hydrogen-bond donors (Lipinski definition) is 2. The molecule has 0 amide bonds. The van der Waals surface area contributed by atoms with Crippen molar-refractivity contribution in [1.29, 1.82) is 0 Å². The fourth-order valence-electron chi connectivity index (χ4n) is 1.81. The normalized spacial score (nSPS) is 12.2. The van der Waals surface area contributed by atoms with Gasteiger partial charge < -0.3 is 10.4 Å². The summed E-state index contributed by atoms with van der Waals surface area (Å²) in [5.74, 6) is 0. The fourth-order valence-corrected chi connectivity index (χ4v) is 2.27. The SMILES string of the molecule is CC(Nc1cc(CO)ccc1Cl)c1cccnc1Cl. The van der Waals surface area contributed by atoms with Crippen LogP contribution in [0, 0.1) is 0 Å². The molecule has 1 aromatic heterocycles. The van der Waals surface area contributed by atoms with Crippen LogP contribution in [0.15, 0.2) is 36.5 Å². The highest BCUT2D eigenvalue weighted by Crippen LogP contribution is 2.29. The molecule has 0 bridgehead atoms. The number of aromatic nitrogens is 1. The third-order valence-corrected chi connectivity index (χ3v) is 3.49. The van der Waals surface area contributed by atoms with Gasteiger partial charge in [-0.3, -0.25) is 0 Å². The van der Waals surface area contributed by atoms with Gasteiger partial charge in [-0.15, -0.1) is 0 Å². The molecule has 2 rings (SSSR count). The van der Waals surface area contributed by atoms with Crippen LogP contribution in [-0.4, -0.2) is 10.1 Å². The topological polar surface area (TPSA) is 45.1 Å². The van der Waals surface area contributed by atoms with Gasteiger partial charge in [0.25, 0.3) is 0 Å². The van der Waals surface area contributed by atoms with Gasteiger partial charge in [0.15, 0.2) is 0 Å². The van der Waals surface area contributed by atoms with Crippen LogP contribution < -0.4 is 5.32 Å². The zero-order valence-electron chi connectivity index (χ0n) is 10.4. The van der Waals surface area contributed by atoms with E-state index in [0.717, 1.165) is 16.8 Å².